The summed E-state index contributed by atoms with van der Waals surface area (Å²) >= 11 is 5.60. The van der Waals surface area contributed by atoms with Gasteiger partial charge >= 0.3 is 0 Å². The van der Waals surface area contributed by atoms with E-state index in [1.807, 2.05) is 6.92 Å². The molecule has 0 aromatic carbocycles. The zero-order valence-electron chi connectivity index (χ0n) is 6.39. The normalized spacial score (nSPS) is 9.73. The Labute approximate surface area is 70.2 Å². The fourth-order valence-corrected chi connectivity index (χ4v) is 1.04. The first kappa shape index (κ1) is 8.21. The maximum atomic E-state index is 10.9. The topological polar surface area (TPSA) is 30.0 Å². The van der Waals surface area contributed by atoms with Gasteiger partial charge in [-0.05, 0) is 25.5 Å². The summed E-state index contributed by atoms with van der Waals surface area (Å²) in [6, 6.07) is 1.58. The maximum absolute atomic E-state index is 10.9. The van der Waals surface area contributed by atoms with Crippen LogP contribution in [0, 0.1) is 6.92 Å². The molecular weight excluding hydrogens is 162 g/mol. The van der Waals surface area contributed by atoms with Crippen LogP contribution in [-0.2, 0) is 0 Å². The van der Waals surface area contributed by atoms with E-state index < -0.39 is 0 Å². The van der Waals surface area contributed by atoms with Gasteiger partial charge in [0.05, 0.1) is 0 Å². The van der Waals surface area contributed by atoms with Crippen molar-refractivity contribution in [1.29, 1.82) is 0 Å². The number of rotatable bonds is 1. The van der Waals surface area contributed by atoms with Crippen molar-refractivity contribution in [2.45, 2.75) is 13.8 Å². The van der Waals surface area contributed by atoms with Crippen LogP contribution in [0.25, 0.3) is 0 Å². The molecule has 0 bridgehead atoms. The lowest BCUT2D eigenvalue weighted by Gasteiger charge is -1.99. The number of carbonyl (C=O) groups is 1. The van der Waals surface area contributed by atoms with Gasteiger partial charge in [-0.1, -0.05) is 11.6 Å². The van der Waals surface area contributed by atoms with Crippen LogP contribution in [0.15, 0.2) is 12.3 Å². The highest BCUT2D eigenvalue weighted by molar-refractivity contribution is 6.29. The van der Waals surface area contributed by atoms with Crippen LogP contribution < -0.4 is 0 Å². The predicted molar refractivity (Wildman–Crippen MR) is 44.0 cm³/mol. The lowest BCUT2D eigenvalue weighted by Crippen LogP contribution is -1.96. The first-order valence-electron chi connectivity index (χ1n) is 3.24. The average molecular weight is 170 g/mol. The molecule has 1 heterocycles. The van der Waals surface area contributed by atoms with Crippen molar-refractivity contribution in [1.82, 2.24) is 4.98 Å². The lowest BCUT2D eigenvalue weighted by atomic mass is 10.1. The first-order chi connectivity index (χ1) is 5.11. The van der Waals surface area contributed by atoms with Crippen LogP contribution in [0.3, 0.4) is 0 Å². The van der Waals surface area contributed by atoms with Gasteiger partial charge in [-0.3, -0.25) is 4.79 Å². The zero-order chi connectivity index (χ0) is 8.43. The summed E-state index contributed by atoms with van der Waals surface area (Å²) < 4.78 is 0. The molecule has 0 spiro atoms. The van der Waals surface area contributed by atoms with Crippen LogP contribution >= 0.6 is 11.6 Å². The Morgan fingerprint density at radius 3 is 2.73 bits per heavy atom. The van der Waals surface area contributed by atoms with Gasteiger partial charge in [0.1, 0.15) is 5.15 Å². The van der Waals surface area contributed by atoms with E-state index in [2.05, 4.69) is 4.98 Å². The molecule has 0 fully saturated rings. The smallest absolute Gasteiger partial charge is 0.160 e. The fraction of sp³-hybridized carbons (Fsp3) is 0.250. The molecule has 1 rings (SSSR count). The first-order valence-corrected chi connectivity index (χ1v) is 3.62. The molecule has 0 aliphatic heterocycles. The Kier molecular flexibility index (Phi) is 2.25. The monoisotopic (exact) mass is 169 g/mol. The van der Waals surface area contributed by atoms with Gasteiger partial charge < -0.3 is 0 Å². The van der Waals surface area contributed by atoms with Gasteiger partial charge in [0.25, 0.3) is 0 Å². The summed E-state index contributed by atoms with van der Waals surface area (Å²) in [6.45, 7) is 3.35. The van der Waals surface area contributed by atoms with Crippen molar-refractivity contribution in [3.63, 3.8) is 0 Å². The van der Waals surface area contributed by atoms with Crippen molar-refractivity contribution in [3.8, 4) is 0 Å². The van der Waals surface area contributed by atoms with E-state index in [1.165, 1.54) is 6.92 Å². The maximum Gasteiger partial charge on any atom is 0.160 e. The molecule has 0 radical (unpaired) electrons. The van der Waals surface area contributed by atoms with Gasteiger partial charge in [0.2, 0.25) is 0 Å². The van der Waals surface area contributed by atoms with Gasteiger partial charge in [-0.25, -0.2) is 4.98 Å². The van der Waals surface area contributed by atoms with E-state index in [4.69, 9.17) is 11.6 Å². The highest BCUT2D eigenvalue weighted by atomic mass is 35.5. The minimum Gasteiger partial charge on any atom is -0.294 e. The predicted octanol–water partition coefficient (Wildman–Crippen LogP) is 2.25. The quantitative estimate of drug-likeness (QED) is 0.477. The van der Waals surface area contributed by atoms with Gasteiger partial charge in [-0.15, -0.1) is 0 Å². The standard InChI is InChI=1S/C8H8ClNO/c1-5-4-10-8(9)3-7(5)6(2)11/h3-4H,1-2H3. The molecule has 0 atom stereocenters. The molecule has 0 saturated carbocycles. The summed E-state index contributed by atoms with van der Waals surface area (Å²) in [4.78, 5) is 14.8. The lowest BCUT2D eigenvalue weighted by molar-refractivity contribution is 0.101. The van der Waals surface area contributed by atoms with Crippen LogP contribution in [0.4, 0.5) is 0 Å². The summed E-state index contributed by atoms with van der Waals surface area (Å²) in [6.07, 6.45) is 1.60. The SMILES string of the molecule is CC(=O)c1cc(Cl)ncc1C. The van der Waals surface area contributed by atoms with E-state index in [0.29, 0.717) is 10.7 Å². The van der Waals surface area contributed by atoms with E-state index in [0.717, 1.165) is 5.56 Å². The average Bonchev–Trinajstić information content (AvgIpc) is 1.94. The molecule has 0 N–H and O–H groups in total. The summed E-state index contributed by atoms with van der Waals surface area (Å²) in [5.41, 5.74) is 1.51. The van der Waals surface area contributed by atoms with E-state index in [-0.39, 0.29) is 5.78 Å². The number of hydrogen-bond donors (Lipinski definition) is 0. The van der Waals surface area contributed by atoms with Crippen molar-refractivity contribution >= 4 is 17.4 Å². The molecule has 0 aliphatic carbocycles. The van der Waals surface area contributed by atoms with Gasteiger partial charge in [-0.2, -0.15) is 0 Å². The number of halogens is 1. The Balaban J connectivity index is 3.23. The van der Waals surface area contributed by atoms with Crippen molar-refractivity contribution in [2.24, 2.45) is 0 Å². The highest BCUT2D eigenvalue weighted by Crippen LogP contribution is 2.12. The second-order valence-electron chi connectivity index (χ2n) is 2.38. The molecule has 0 aliphatic rings. The molecule has 58 valence electrons. The van der Waals surface area contributed by atoms with Crippen molar-refractivity contribution in [2.75, 3.05) is 0 Å². The molecule has 2 nitrogen and oxygen atoms in total. The number of aryl methyl sites for hydroxylation is 1. The number of carbonyl (C=O) groups excluding carboxylic acids is 1. The molecule has 3 heteroatoms. The molecule has 1 aromatic rings. The summed E-state index contributed by atoms with van der Waals surface area (Å²) in [5.74, 6) is 0.0202. The van der Waals surface area contributed by atoms with Crippen molar-refractivity contribution < 1.29 is 4.79 Å². The zero-order valence-corrected chi connectivity index (χ0v) is 7.14. The number of ketones is 1. The van der Waals surface area contributed by atoms with Gasteiger partial charge in [0, 0.05) is 11.8 Å². The van der Waals surface area contributed by atoms with Crippen LogP contribution in [-0.4, -0.2) is 10.8 Å². The summed E-state index contributed by atoms with van der Waals surface area (Å²) in [5, 5.41) is 0.362. The molecule has 1 aromatic heterocycles. The minimum atomic E-state index is 0.0202. The number of pyridine rings is 1. The number of nitrogens with zero attached hydrogens (tertiary/aromatic N) is 1. The largest absolute Gasteiger partial charge is 0.294 e. The fourth-order valence-electron chi connectivity index (χ4n) is 0.878. The third-order valence-electron chi connectivity index (χ3n) is 1.45. The van der Waals surface area contributed by atoms with Gasteiger partial charge in [0.15, 0.2) is 5.78 Å². The Morgan fingerprint density at radius 1 is 1.64 bits per heavy atom. The van der Waals surface area contributed by atoms with E-state index >= 15 is 0 Å². The summed E-state index contributed by atoms with van der Waals surface area (Å²) in [7, 11) is 0. The van der Waals surface area contributed by atoms with Crippen LogP contribution in [0.1, 0.15) is 22.8 Å². The highest BCUT2D eigenvalue weighted by Gasteiger charge is 2.03. The van der Waals surface area contributed by atoms with Crippen molar-refractivity contribution in [3.05, 3.63) is 28.5 Å². The Morgan fingerprint density at radius 2 is 2.27 bits per heavy atom. The third-order valence-corrected chi connectivity index (χ3v) is 1.66. The second kappa shape index (κ2) is 3.01. The minimum absolute atomic E-state index is 0.0202. The molecular formula is C8H8ClNO. The third kappa shape index (κ3) is 1.77. The molecule has 0 amide bonds. The van der Waals surface area contributed by atoms with E-state index in [1.54, 1.807) is 12.3 Å². The molecule has 11 heavy (non-hydrogen) atoms. The van der Waals surface area contributed by atoms with Crippen LogP contribution in [0.2, 0.25) is 5.15 Å². The number of aromatic nitrogens is 1. The Bertz CT molecular complexity index is 296. The Hall–Kier alpha value is -0.890. The molecule has 0 saturated heterocycles. The number of Topliss-reactive ketones (excluding diaryl/α,β-unsaturated/α-hetero) is 1. The number of hydrogen-bond acceptors (Lipinski definition) is 2. The second-order valence-corrected chi connectivity index (χ2v) is 2.77. The van der Waals surface area contributed by atoms with Crippen LogP contribution in [0.5, 0.6) is 0 Å². The van der Waals surface area contributed by atoms with E-state index in [9.17, 15) is 4.79 Å². The molecule has 0 unspecified atom stereocenters.